The van der Waals surface area contributed by atoms with Crippen LogP contribution < -0.4 is 5.32 Å². The number of aryl methyl sites for hydroxylation is 1. The fourth-order valence-electron chi connectivity index (χ4n) is 2.13. The first-order chi connectivity index (χ1) is 11.0. The Morgan fingerprint density at radius 3 is 2.39 bits per heavy atom. The smallest absolute Gasteiger partial charge is 0.251 e. The Hall–Kier alpha value is -2.69. The molecule has 0 saturated carbocycles. The van der Waals surface area contributed by atoms with E-state index in [0.29, 0.717) is 12.1 Å². The molecule has 0 atom stereocenters. The van der Waals surface area contributed by atoms with E-state index in [9.17, 15) is 14.0 Å². The molecule has 2 aromatic rings. The highest BCUT2D eigenvalue weighted by molar-refractivity contribution is 5.96. The molecule has 2 aromatic carbocycles. The topological polar surface area (TPSA) is 49.4 Å². The van der Waals surface area contributed by atoms with Crippen LogP contribution in [0.5, 0.6) is 0 Å². The lowest BCUT2D eigenvalue weighted by Gasteiger charge is -2.18. The van der Waals surface area contributed by atoms with Gasteiger partial charge in [-0.25, -0.2) is 4.39 Å². The molecule has 0 aliphatic rings. The van der Waals surface area contributed by atoms with Crippen molar-refractivity contribution in [3.8, 4) is 0 Å². The normalized spacial score (nSPS) is 10.2. The van der Waals surface area contributed by atoms with Crippen LogP contribution in [0, 0.1) is 12.7 Å². The second-order valence-electron chi connectivity index (χ2n) is 5.37. The minimum atomic E-state index is -0.407. The zero-order chi connectivity index (χ0) is 16.8. The van der Waals surface area contributed by atoms with E-state index in [2.05, 4.69) is 5.32 Å². The summed E-state index contributed by atoms with van der Waals surface area (Å²) in [5.74, 6) is -0.998. The summed E-state index contributed by atoms with van der Waals surface area (Å²) < 4.78 is 12.8. The average molecular weight is 314 g/mol. The van der Waals surface area contributed by atoms with Gasteiger partial charge in [0, 0.05) is 19.2 Å². The summed E-state index contributed by atoms with van der Waals surface area (Å²) in [5, 5.41) is 2.55. The van der Waals surface area contributed by atoms with Gasteiger partial charge in [-0.1, -0.05) is 24.3 Å². The second-order valence-corrected chi connectivity index (χ2v) is 5.37. The molecule has 5 heteroatoms. The predicted molar refractivity (Wildman–Crippen MR) is 86.4 cm³/mol. The average Bonchev–Trinajstić information content (AvgIpc) is 2.55. The summed E-state index contributed by atoms with van der Waals surface area (Å²) >= 11 is 0. The van der Waals surface area contributed by atoms with Crippen molar-refractivity contribution in [1.82, 2.24) is 10.2 Å². The molecule has 0 aliphatic heterocycles. The zero-order valence-electron chi connectivity index (χ0n) is 13.2. The highest BCUT2D eigenvalue weighted by Crippen LogP contribution is 2.09. The summed E-state index contributed by atoms with van der Waals surface area (Å²) in [7, 11) is 1.69. The molecular weight excluding hydrogens is 295 g/mol. The van der Waals surface area contributed by atoms with Gasteiger partial charge in [0.15, 0.2) is 0 Å². The van der Waals surface area contributed by atoms with Crippen molar-refractivity contribution in [3.05, 3.63) is 71.0 Å². The standard InChI is InChI=1S/C18H19FN2O2/c1-13-5-3-4-6-15(13)12-21(2)17(22)11-20-18(23)14-7-9-16(19)10-8-14/h3-10H,11-12H2,1-2H3,(H,20,23). The maximum Gasteiger partial charge on any atom is 0.251 e. The fourth-order valence-corrected chi connectivity index (χ4v) is 2.13. The SMILES string of the molecule is Cc1ccccc1CN(C)C(=O)CNC(=O)c1ccc(F)cc1. The fraction of sp³-hybridized carbons (Fsp3) is 0.222. The highest BCUT2D eigenvalue weighted by atomic mass is 19.1. The van der Waals surface area contributed by atoms with Gasteiger partial charge >= 0.3 is 0 Å². The molecular formula is C18H19FN2O2. The van der Waals surface area contributed by atoms with Crippen LogP contribution in [0.4, 0.5) is 4.39 Å². The Balaban J connectivity index is 1.87. The Kier molecular flexibility index (Phi) is 5.46. The van der Waals surface area contributed by atoms with Gasteiger partial charge in [-0.05, 0) is 42.3 Å². The van der Waals surface area contributed by atoms with Crippen LogP contribution in [0.3, 0.4) is 0 Å². The van der Waals surface area contributed by atoms with Crippen LogP contribution in [0.15, 0.2) is 48.5 Å². The van der Waals surface area contributed by atoms with E-state index >= 15 is 0 Å². The quantitative estimate of drug-likeness (QED) is 0.922. The Labute approximate surface area is 134 Å². The van der Waals surface area contributed by atoms with Crippen LogP contribution in [0.25, 0.3) is 0 Å². The van der Waals surface area contributed by atoms with E-state index in [0.717, 1.165) is 11.1 Å². The molecule has 0 aliphatic carbocycles. The van der Waals surface area contributed by atoms with Crippen molar-refractivity contribution in [3.63, 3.8) is 0 Å². The molecule has 0 fully saturated rings. The first kappa shape index (κ1) is 16.7. The maximum absolute atomic E-state index is 12.8. The number of benzene rings is 2. The van der Waals surface area contributed by atoms with Crippen LogP contribution in [0.2, 0.25) is 0 Å². The van der Waals surface area contributed by atoms with Crippen molar-refractivity contribution in [2.24, 2.45) is 0 Å². The maximum atomic E-state index is 12.8. The van der Waals surface area contributed by atoms with Gasteiger partial charge in [-0.3, -0.25) is 9.59 Å². The monoisotopic (exact) mass is 314 g/mol. The van der Waals surface area contributed by atoms with Gasteiger partial charge in [0.05, 0.1) is 6.54 Å². The largest absolute Gasteiger partial charge is 0.343 e. The molecule has 0 aromatic heterocycles. The Morgan fingerprint density at radius 1 is 1.09 bits per heavy atom. The number of rotatable bonds is 5. The molecule has 2 amide bonds. The minimum Gasteiger partial charge on any atom is -0.343 e. The van der Waals surface area contributed by atoms with Crippen molar-refractivity contribution in [2.75, 3.05) is 13.6 Å². The molecule has 23 heavy (non-hydrogen) atoms. The van der Waals surface area contributed by atoms with E-state index in [1.165, 1.54) is 24.3 Å². The van der Waals surface area contributed by atoms with Crippen LogP contribution in [-0.4, -0.2) is 30.3 Å². The molecule has 120 valence electrons. The number of hydrogen-bond acceptors (Lipinski definition) is 2. The number of hydrogen-bond donors (Lipinski definition) is 1. The van der Waals surface area contributed by atoms with E-state index in [-0.39, 0.29) is 12.5 Å². The Morgan fingerprint density at radius 2 is 1.74 bits per heavy atom. The number of carbonyl (C=O) groups excluding carboxylic acids is 2. The third-order valence-corrected chi connectivity index (χ3v) is 3.60. The summed E-state index contributed by atoms with van der Waals surface area (Å²) in [6.07, 6.45) is 0. The van der Waals surface area contributed by atoms with Crippen molar-refractivity contribution in [2.45, 2.75) is 13.5 Å². The lowest BCUT2D eigenvalue weighted by molar-refractivity contribution is -0.129. The van der Waals surface area contributed by atoms with Crippen LogP contribution in [-0.2, 0) is 11.3 Å². The number of halogens is 1. The number of nitrogens with one attached hydrogen (secondary N) is 1. The predicted octanol–water partition coefficient (Wildman–Crippen LogP) is 2.52. The summed E-state index contributed by atoms with van der Waals surface area (Å²) in [5.41, 5.74) is 2.50. The third kappa shape index (κ3) is 4.64. The molecule has 0 bridgehead atoms. The number of amides is 2. The molecule has 0 spiro atoms. The molecule has 4 nitrogen and oxygen atoms in total. The van der Waals surface area contributed by atoms with E-state index in [1.54, 1.807) is 11.9 Å². The van der Waals surface area contributed by atoms with E-state index < -0.39 is 11.7 Å². The van der Waals surface area contributed by atoms with Crippen molar-refractivity contribution >= 4 is 11.8 Å². The van der Waals surface area contributed by atoms with Crippen LogP contribution >= 0.6 is 0 Å². The van der Waals surface area contributed by atoms with Crippen molar-refractivity contribution < 1.29 is 14.0 Å². The molecule has 0 radical (unpaired) electrons. The zero-order valence-corrected chi connectivity index (χ0v) is 13.2. The third-order valence-electron chi connectivity index (χ3n) is 3.60. The van der Waals surface area contributed by atoms with Gasteiger partial charge in [0.25, 0.3) is 5.91 Å². The molecule has 0 saturated heterocycles. The molecule has 0 heterocycles. The highest BCUT2D eigenvalue weighted by Gasteiger charge is 2.12. The first-order valence-corrected chi connectivity index (χ1v) is 7.29. The number of nitrogens with zero attached hydrogens (tertiary/aromatic N) is 1. The molecule has 0 unspecified atom stereocenters. The number of carbonyl (C=O) groups is 2. The van der Waals surface area contributed by atoms with Gasteiger partial charge in [0.1, 0.15) is 5.82 Å². The van der Waals surface area contributed by atoms with E-state index in [1.807, 2.05) is 31.2 Å². The lowest BCUT2D eigenvalue weighted by atomic mass is 10.1. The summed E-state index contributed by atoms with van der Waals surface area (Å²) in [4.78, 5) is 25.6. The van der Waals surface area contributed by atoms with Crippen molar-refractivity contribution in [1.29, 1.82) is 0 Å². The second kappa shape index (κ2) is 7.54. The van der Waals surface area contributed by atoms with Gasteiger partial charge in [0.2, 0.25) is 5.91 Å². The minimum absolute atomic E-state index is 0.0986. The van der Waals surface area contributed by atoms with Gasteiger partial charge in [-0.2, -0.15) is 0 Å². The van der Waals surface area contributed by atoms with Crippen LogP contribution in [0.1, 0.15) is 21.5 Å². The van der Waals surface area contributed by atoms with Gasteiger partial charge in [-0.15, -0.1) is 0 Å². The molecule has 2 rings (SSSR count). The summed E-state index contributed by atoms with van der Waals surface area (Å²) in [6, 6.07) is 13.0. The first-order valence-electron chi connectivity index (χ1n) is 7.29. The lowest BCUT2D eigenvalue weighted by Crippen LogP contribution is -2.37. The molecule has 1 N–H and O–H groups in total. The number of likely N-dealkylation sites (N-methyl/N-ethyl adjacent to an activating group) is 1. The van der Waals surface area contributed by atoms with E-state index in [4.69, 9.17) is 0 Å². The van der Waals surface area contributed by atoms with Gasteiger partial charge < -0.3 is 10.2 Å². The Bertz CT molecular complexity index is 698. The summed E-state index contributed by atoms with van der Waals surface area (Å²) in [6.45, 7) is 2.38.